The van der Waals surface area contributed by atoms with Crippen LogP contribution in [0.15, 0.2) is 34.1 Å². The maximum Gasteiger partial charge on any atom is 0.341 e. The molecule has 11 nitrogen and oxygen atoms in total. The van der Waals surface area contributed by atoms with Crippen LogP contribution < -0.4 is 31.7 Å². The Labute approximate surface area is 331 Å². The Morgan fingerprint density at radius 2 is 1.23 bits per heavy atom. The van der Waals surface area contributed by atoms with Crippen LogP contribution in [0.1, 0.15) is 71.3 Å². The first kappa shape index (κ1) is 37.5. The fourth-order valence-electron chi connectivity index (χ4n) is 9.25. The first-order valence-electron chi connectivity index (χ1n) is 18.3. The minimum absolute atomic E-state index is 0. The van der Waals surface area contributed by atoms with Gasteiger partial charge in [0, 0.05) is 68.3 Å². The van der Waals surface area contributed by atoms with Crippen LogP contribution in [0.2, 0.25) is 10.0 Å². The number of pyridine rings is 2. The number of hydrogen-bond acceptors (Lipinski definition) is 7. The van der Waals surface area contributed by atoms with Gasteiger partial charge in [0.25, 0.3) is 5.91 Å². The van der Waals surface area contributed by atoms with Gasteiger partial charge < -0.3 is 35.1 Å². The summed E-state index contributed by atoms with van der Waals surface area (Å²) < 4.78 is 63.7. The van der Waals surface area contributed by atoms with E-state index in [0.717, 1.165) is 31.2 Å². The molecule has 2 aromatic heterocycles. The number of carbonyl (C=O) groups is 2. The number of carboxylic acids is 1. The minimum Gasteiger partial charge on any atom is -0.477 e. The molecule has 4 aromatic rings. The van der Waals surface area contributed by atoms with Gasteiger partial charge in [0.2, 0.25) is 10.9 Å². The van der Waals surface area contributed by atoms with E-state index in [9.17, 15) is 33.1 Å². The Bertz CT molecular complexity index is 2560. The average Bonchev–Trinajstić information content (AvgIpc) is 3.98. The minimum atomic E-state index is -1.54. The number of alkyl halides is 2. The van der Waals surface area contributed by atoms with Crippen LogP contribution in [0.5, 0.6) is 0 Å². The molecule has 2 aromatic carbocycles. The molecule has 10 rings (SSSR count). The molecule has 4 heterocycles. The zero-order valence-electron chi connectivity index (χ0n) is 29.5. The number of rotatable bonds is 7. The number of amides is 1. The number of anilines is 2. The molecule has 1 amide bonds. The summed E-state index contributed by atoms with van der Waals surface area (Å²) in [6.45, 7) is 1.17. The molecule has 18 heteroatoms. The summed E-state index contributed by atoms with van der Waals surface area (Å²) in [6, 6.07) is -0.314. The molecule has 56 heavy (non-hydrogen) atoms. The van der Waals surface area contributed by atoms with Crippen molar-refractivity contribution in [3.05, 3.63) is 77.8 Å². The van der Waals surface area contributed by atoms with E-state index >= 15 is 8.78 Å². The van der Waals surface area contributed by atoms with Crippen molar-refractivity contribution in [3.63, 3.8) is 0 Å². The third-order valence-electron chi connectivity index (χ3n) is 13.0. The van der Waals surface area contributed by atoms with E-state index in [1.807, 2.05) is 0 Å². The molecule has 2 spiro atoms. The maximum absolute atomic E-state index is 16.0. The summed E-state index contributed by atoms with van der Waals surface area (Å²) in [6.07, 6.45) is 3.10. The lowest BCUT2D eigenvalue weighted by atomic mass is 10.00. The zero-order chi connectivity index (χ0) is 38.6. The van der Waals surface area contributed by atoms with Gasteiger partial charge in [-0.2, -0.15) is 0 Å². The molecule has 0 unspecified atom stereocenters. The van der Waals surface area contributed by atoms with Gasteiger partial charge in [-0.05, 0) is 37.8 Å². The fraction of sp³-hybridized carbons (Fsp3) is 0.474. The molecule has 4 saturated carbocycles. The van der Waals surface area contributed by atoms with E-state index in [-0.39, 0.29) is 98.6 Å². The lowest BCUT2D eigenvalue weighted by Gasteiger charge is -2.24. The molecule has 6 fully saturated rings. The number of aromatic carboxylic acids is 1. The van der Waals surface area contributed by atoms with Crippen molar-refractivity contribution in [1.82, 2.24) is 14.5 Å². The van der Waals surface area contributed by atoms with E-state index in [4.69, 9.17) is 28.9 Å². The Morgan fingerprint density at radius 3 is 1.68 bits per heavy atom. The largest absolute Gasteiger partial charge is 0.477 e. The lowest BCUT2D eigenvalue weighted by Crippen LogP contribution is -2.43. The topological polar surface area (TPSA) is 143 Å². The average molecular weight is 838 g/mol. The van der Waals surface area contributed by atoms with Crippen molar-refractivity contribution in [2.75, 3.05) is 36.0 Å². The van der Waals surface area contributed by atoms with Crippen LogP contribution in [-0.2, 0) is 0 Å². The summed E-state index contributed by atoms with van der Waals surface area (Å²) >= 11 is 13.7. The van der Waals surface area contributed by atoms with Crippen LogP contribution in [0, 0.1) is 22.5 Å². The van der Waals surface area contributed by atoms with Crippen LogP contribution in [-0.4, -0.2) is 76.7 Å². The number of benzene rings is 2. The van der Waals surface area contributed by atoms with Crippen LogP contribution in [0.4, 0.5) is 28.9 Å². The molecule has 6 atom stereocenters. The van der Waals surface area contributed by atoms with Gasteiger partial charge in [-0.3, -0.25) is 14.4 Å². The Kier molecular flexibility index (Phi) is 8.36. The van der Waals surface area contributed by atoms with Crippen molar-refractivity contribution < 1.29 is 32.3 Å². The highest BCUT2D eigenvalue weighted by Crippen LogP contribution is 2.56. The van der Waals surface area contributed by atoms with Crippen molar-refractivity contribution in [2.45, 2.75) is 75.0 Å². The molecular formula is C38H35Cl3F4N6O5. The van der Waals surface area contributed by atoms with Crippen LogP contribution >= 0.6 is 35.6 Å². The summed E-state index contributed by atoms with van der Waals surface area (Å²) in [4.78, 5) is 56.4. The first-order chi connectivity index (χ1) is 26.1. The normalized spacial score (nSPS) is 27.6. The quantitative estimate of drug-likeness (QED) is 0.195. The molecule has 0 radical (unpaired) electrons. The Balaban J connectivity index is 0.00000410. The summed E-state index contributed by atoms with van der Waals surface area (Å²) in [5.41, 5.74) is 3.21. The number of nitrogens with zero attached hydrogens (tertiary/aromatic N) is 4. The maximum atomic E-state index is 16.0. The highest BCUT2D eigenvalue weighted by Gasteiger charge is 2.57. The molecule has 2 aliphatic heterocycles. The molecule has 2 saturated heterocycles. The molecule has 296 valence electrons. The number of carboxylic acid groups (broad SMARTS) is 1. The van der Waals surface area contributed by atoms with Gasteiger partial charge in [-0.15, -0.1) is 12.4 Å². The number of carbonyl (C=O) groups excluding carboxylic acids is 1. The standard InChI is InChI=1S/C38H34Cl2F4N6O5.ClH/c39-27-29-15(5-21(43)31(27)47-11-25(45)37(13-47)1-2-37)33(51)17(9-49(29)23-7-19(23)41)35(53)46-26-12-48(14-38(26)3-4-38)32-22(44)6-16-30(28(32)40)50(24-8-20(24)42)10-18(34(16)52)36(54)55;/h5-6,9-10,19-20,23-26H,1-4,7-8,11-14,45H2,(H,46,53)(H,54,55);1H/t19-,20-,23+,24+,25+,26+;/m0./s1. The van der Waals surface area contributed by atoms with Gasteiger partial charge in [0.15, 0.2) is 0 Å². The van der Waals surface area contributed by atoms with Gasteiger partial charge in [-0.25, -0.2) is 22.4 Å². The second-order valence-electron chi connectivity index (χ2n) is 16.5. The predicted molar refractivity (Wildman–Crippen MR) is 205 cm³/mol. The van der Waals surface area contributed by atoms with Crippen molar-refractivity contribution in [2.24, 2.45) is 16.6 Å². The number of nitrogens with one attached hydrogen (secondary N) is 1. The Hall–Kier alpha value is -4.05. The van der Waals surface area contributed by atoms with E-state index < -0.39 is 75.8 Å². The second kappa shape index (κ2) is 12.5. The number of hydrogen-bond donors (Lipinski definition) is 3. The second-order valence-corrected chi connectivity index (χ2v) is 17.2. The highest BCUT2D eigenvalue weighted by atomic mass is 35.5. The fourth-order valence-corrected chi connectivity index (χ4v) is 10.1. The van der Waals surface area contributed by atoms with E-state index in [2.05, 4.69) is 5.32 Å². The third kappa shape index (κ3) is 5.47. The number of halogens is 7. The van der Waals surface area contributed by atoms with E-state index in [0.29, 0.717) is 25.9 Å². The van der Waals surface area contributed by atoms with Gasteiger partial charge >= 0.3 is 5.97 Å². The number of fused-ring (bicyclic) bond motifs is 2. The van der Waals surface area contributed by atoms with Gasteiger partial charge in [0.1, 0.15) is 35.1 Å². The molecule has 4 N–H and O–H groups in total. The third-order valence-corrected chi connectivity index (χ3v) is 13.7. The lowest BCUT2D eigenvalue weighted by molar-refractivity contribution is 0.0694. The van der Waals surface area contributed by atoms with Gasteiger partial charge in [0.05, 0.1) is 61.4 Å². The summed E-state index contributed by atoms with van der Waals surface area (Å²) in [7, 11) is 0. The summed E-state index contributed by atoms with van der Waals surface area (Å²) in [5, 5.41) is 11.8. The van der Waals surface area contributed by atoms with E-state index in [1.54, 1.807) is 9.80 Å². The van der Waals surface area contributed by atoms with Crippen LogP contribution in [0.25, 0.3) is 21.8 Å². The summed E-state index contributed by atoms with van der Waals surface area (Å²) in [5.74, 6) is -3.97. The molecule has 4 aliphatic carbocycles. The van der Waals surface area contributed by atoms with E-state index in [1.165, 1.54) is 15.3 Å². The van der Waals surface area contributed by atoms with Crippen LogP contribution in [0.3, 0.4) is 0 Å². The van der Waals surface area contributed by atoms with Crippen molar-refractivity contribution >= 4 is 80.7 Å². The smallest absolute Gasteiger partial charge is 0.341 e. The zero-order valence-corrected chi connectivity index (χ0v) is 31.8. The first-order valence-corrected chi connectivity index (χ1v) is 19.1. The monoisotopic (exact) mass is 836 g/mol. The SMILES string of the molecule is Cl.N[C@@H]1CN(c2c(F)cc3c(=O)c(C(=O)N[C@@H]4CN(c5c(F)cc6c(=O)c(C(=O)O)cn([C@@H]7C[C@@H]7F)c6c5Cl)CC45CC5)cn([C@@H]4C[C@@H]4F)c3c2Cl)CC12CC2. The van der Waals surface area contributed by atoms with Crippen molar-refractivity contribution in [3.8, 4) is 0 Å². The van der Waals surface area contributed by atoms with Gasteiger partial charge in [-0.1, -0.05) is 23.2 Å². The highest BCUT2D eigenvalue weighted by molar-refractivity contribution is 6.38. The van der Waals surface area contributed by atoms with Crippen molar-refractivity contribution in [1.29, 1.82) is 0 Å². The molecular weight excluding hydrogens is 803 g/mol. The predicted octanol–water partition coefficient (Wildman–Crippen LogP) is 5.91. The molecule has 0 bridgehead atoms. The number of aromatic nitrogens is 2. The Morgan fingerprint density at radius 1 is 0.786 bits per heavy atom. The number of nitrogens with two attached hydrogens (primary N) is 1. The molecule has 6 aliphatic rings.